The van der Waals surface area contributed by atoms with Crippen molar-refractivity contribution in [1.82, 2.24) is 4.72 Å². The SMILES string of the molecule is NCC(NS(=O)(=O)c1cc(Cl)ccc1[N+](=O)[O-])C1CC1. The van der Waals surface area contributed by atoms with E-state index in [0.29, 0.717) is 0 Å². The molecule has 1 fully saturated rings. The van der Waals surface area contributed by atoms with Crippen LogP contribution in [-0.2, 0) is 10.0 Å². The quantitative estimate of drug-likeness (QED) is 0.605. The molecule has 0 spiro atoms. The molecule has 1 aromatic carbocycles. The number of rotatable bonds is 6. The molecule has 110 valence electrons. The molecule has 3 N–H and O–H groups in total. The summed E-state index contributed by atoms with van der Waals surface area (Å²) in [7, 11) is -4.03. The lowest BCUT2D eigenvalue weighted by atomic mass is 10.2. The molecule has 1 saturated carbocycles. The highest BCUT2D eigenvalue weighted by Crippen LogP contribution is 2.34. The molecule has 1 atom stereocenters. The molecule has 0 saturated heterocycles. The third-order valence-corrected chi connectivity index (χ3v) is 4.91. The Kier molecular flexibility index (Phi) is 4.28. The minimum Gasteiger partial charge on any atom is -0.329 e. The second-order valence-corrected chi connectivity index (χ2v) is 6.79. The van der Waals surface area contributed by atoms with Crippen LogP contribution < -0.4 is 10.5 Å². The number of nitrogens with zero attached hydrogens (tertiary/aromatic N) is 1. The first kappa shape index (κ1) is 15.2. The first-order chi connectivity index (χ1) is 9.35. The third kappa shape index (κ3) is 3.26. The highest BCUT2D eigenvalue weighted by atomic mass is 35.5. The van der Waals surface area contributed by atoms with Crippen molar-refractivity contribution in [3.05, 3.63) is 33.3 Å². The number of hydrogen-bond donors (Lipinski definition) is 2. The van der Waals surface area contributed by atoms with Crippen molar-refractivity contribution in [2.24, 2.45) is 11.7 Å². The maximum absolute atomic E-state index is 12.3. The molecule has 0 aliphatic heterocycles. The van der Waals surface area contributed by atoms with Gasteiger partial charge in [0.15, 0.2) is 4.90 Å². The van der Waals surface area contributed by atoms with Gasteiger partial charge in [0.1, 0.15) is 0 Å². The van der Waals surface area contributed by atoms with Gasteiger partial charge in [0.2, 0.25) is 10.0 Å². The van der Waals surface area contributed by atoms with Gasteiger partial charge in [-0.3, -0.25) is 10.1 Å². The molecular weight excluding hydrogens is 306 g/mol. The zero-order valence-corrected chi connectivity index (χ0v) is 12.0. The zero-order chi connectivity index (χ0) is 14.9. The van der Waals surface area contributed by atoms with Crippen molar-refractivity contribution in [3.63, 3.8) is 0 Å². The van der Waals surface area contributed by atoms with Crippen LogP contribution in [0.15, 0.2) is 23.1 Å². The number of halogens is 1. The lowest BCUT2D eigenvalue weighted by Crippen LogP contribution is -2.41. The van der Waals surface area contributed by atoms with Gasteiger partial charge in [-0.25, -0.2) is 13.1 Å². The van der Waals surface area contributed by atoms with Gasteiger partial charge in [0.05, 0.1) is 4.92 Å². The molecule has 0 radical (unpaired) electrons. The molecule has 1 aliphatic rings. The van der Waals surface area contributed by atoms with Crippen LogP contribution in [0, 0.1) is 16.0 Å². The topological polar surface area (TPSA) is 115 Å². The second kappa shape index (κ2) is 5.65. The number of nitro benzene ring substituents is 1. The minimum absolute atomic E-state index is 0.117. The number of nitrogens with one attached hydrogen (secondary N) is 1. The summed E-state index contributed by atoms with van der Waals surface area (Å²) in [6.07, 6.45) is 1.81. The Balaban J connectivity index is 2.37. The van der Waals surface area contributed by atoms with E-state index in [2.05, 4.69) is 4.72 Å². The van der Waals surface area contributed by atoms with Crippen LogP contribution in [0.5, 0.6) is 0 Å². The molecule has 1 aromatic rings. The Labute approximate surface area is 121 Å². The molecule has 0 bridgehead atoms. The molecule has 2 rings (SSSR count). The predicted molar refractivity (Wildman–Crippen MR) is 74.0 cm³/mol. The number of sulfonamides is 1. The van der Waals surface area contributed by atoms with E-state index in [4.69, 9.17) is 17.3 Å². The van der Waals surface area contributed by atoms with Gasteiger partial charge in [0, 0.05) is 23.7 Å². The minimum atomic E-state index is -4.03. The fraction of sp³-hybridized carbons (Fsp3) is 0.455. The fourth-order valence-corrected chi connectivity index (χ4v) is 3.70. The zero-order valence-electron chi connectivity index (χ0n) is 10.5. The molecule has 7 nitrogen and oxygen atoms in total. The maximum atomic E-state index is 12.3. The average Bonchev–Trinajstić information content (AvgIpc) is 3.19. The summed E-state index contributed by atoms with van der Waals surface area (Å²) >= 11 is 5.73. The van der Waals surface area contributed by atoms with Gasteiger partial charge in [-0.1, -0.05) is 11.6 Å². The summed E-state index contributed by atoms with van der Waals surface area (Å²) in [4.78, 5) is 9.74. The average molecular weight is 320 g/mol. The van der Waals surface area contributed by atoms with Gasteiger partial charge >= 0.3 is 0 Å². The fourth-order valence-electron chi connectivity index (χ4n) is 1.95. The summed E-state index contributed by atoms with van der Waals surface area (Å²) < 4.78 is 27.0. The lowest BCUT2D eigenvalue weighted by molar-refractivity contribution is -0.387. The van der Waals surface area contributed by atoms with Crippen molar-refractivity contribution >= 4 is 27.3 Å². The van der Waals surface area contributed by atoms with Gasteiger partial charge < -0.3 is 5.73 Å². The monoisotopic (exact) mass is 319 g/mol. The Morgan fingerprint density at radius 1 is 1.50 bits per heavy atom. The van der Waals surface area contributed by atoms with Crippen molar-refractivity contribution in [1.29, 1.82) is 0 Å². The number of nitro groups is 1. The van der Waals surface area contributed by atoms with Crippen LogP contribution in [0.25, 0.3) is 0 Å². The molecule has 1 unspecified atom stereocenters. The van der Waals surface area contributed by atoms with Crippen LogP contribution in [0.3, 0.4) is 0 Å². The highest BCUT2D eigenvalue weighted by Gasteiger charge is 2.35. The van der Waals surface area contributed by atoms with Crippen LogP contribution in [0.2, 0.25) is 5.02 Å². The van der Waals surface area contributed by atoms with E-state index in [0.717, 1.165) is 25.0 Å². The lowest BCUT2D eigenvalue weighted by Gasteiger charge is -2.16. The first-order valence-corrected chi connectivity index (χ1v) is 7.87. The van der Waals surface area contributed by atoms with Crippen molar-refractivity contribution in [3.8, 4) is 0 Å². The Morgan fingerprint density at radius 2 is 2.15 bits per heavy atom. The Morgan fingerprint density at radius 3 is 2.65 bits per heavy atom. The second-order valence-electron chi connectivity index (χ2n) is 4.67. The smallest absolute Gasteiger partial charge is 0.289 e. The highest BCUT2D eigenvalue weighted by molar-refractivity contribution is 7.89. The molecule has 0 aromatic heterocycles. The van der Waals surface area contributed by atoms with Crippen molar-refractivity contribution < 1.29 is 13.3 Å². The number of hydrogen-bond acceptors (Lipinski definition) is 5. The molecule has 20 heavy (non-hydrogen) atoms. The van der Waals surface area contributed by atoms with E-state index in [-0.39, 0.29) is 17.5 Å². The summed E-state index contributed by atoms with van der Waals surface area (Å²) in [5.41, 5.74) is 5.03. The standard InChI is InChI=1S/C11H14ClN3O4S/c12-8-3-4-10(15(16)17)11(5-8)20(18,19)14-9(6-13)7-1-2-7/h3-5,7,9,14H,1-2,6,13H2. The third-order valence-electron chi connectivity index (χ3n) is 3.16. The summed E-state index contributed by atoms with van der Waals surface area (Å²) in [5, 5.41) is 11.0. The number of nitrogens with two attached hydrogens (primary N) is 1. The Hall–Kier alpha value is -1.22. The van der Waals surface area contributed by atoms with Gasteiger partial charge in [-0.2, -0.15) is 0 Å². The Bertz CT molecular complexity index is 631. The van der Waals surface area contributed by atoms with Gasteiger partial charge in [-0.15, -0.1) is 0 Å². The van der Waals surface area contributed by atoms with Gasteiger partial charge in [0.25, 0.3) is 5.69 Å². The summed E-state index contributed by atoms with van der Waals surface area (Å²) in [6, 6.07) is 3.02. The van der Waals surface area contributed by atoms with E-state index in [1.165, 1.54) is 6.07 Å². The van der Waals surface area contributed by atoms with Crippen LogP contribution in [0.1, 0.15) is 12.8 Å². The molecule has 1 aliphatic carbocycles. The molecule has 0 amide bonds. The summed E-state index contributed by atoms with van der Waals surface area (Å²) in [6.45, 7) is 0.151. The van der Waals surface area contributed by atoms with Crippen molar-refractivity contribution in [2.45, 2.75) is 23.8 Å². The van der Waals surface area contributed by atoms with E-state index in [1.807, 2.05) is 0 Å². The normalized spacial score (nSPS) is 16.9. The van der Waals surface area contributed by atoms with E-state index in [1.54, 1.807) is 0 Å². The predicted octanol–water partition coefficient (Wildman–Crippen LogP) is 1.26. The van der Waals surface area contributed by atoms with Crippen LogP contribution in [0.4, 0.5) is 5.69 Å². The van der Waals surface area contributed by atoms with E-state index in [9.17, 15) is 18.5 Å². The maximum Gasteiger partial charge on any atom is 0.289 e. The van der Waals surface area contributed by atoms with E-state index < -0.39 is 31.6 Å². The molecular formula is C11H14ClN3O4S. The van der Waals surface area contributed by atoms with E-state index >= 15 is 0 Å². The summed E-state index contributed by atoms with van der Waals surface area (Å²) in [5.74, 6) is 0.202. The van der Waals surface area contributed by atoms with Gasteiger partial charge in [-0.05, 0) is 30.9 Å². The van der Waals surface area contributed by atoms with Crippen LogP contribution in [-0.4, -0.2) is 25.9 Å². The molecule has 9 heteroatoms. The largest absolute Gasteiger partial charge is 0.329 e. The number of benzene rings is 1. The molecule has 0 heterocycles. The van der Waals surface area contributed by atoms with Crippen molar-refractivity contribution in [2.75, 3.05) is 6.54 Å². The van der Waals surface area contributed by atoms with Crippen LogP contribution >= 0.6 is 11.6 Å². The first-order valence-electron chi connectivity index (χ1n) is 6.01.